The van der Waals surface area contributed by atoms with Crippen LogP contribution in [0.1, 0.15) is 44.9 Å². The first-order valence-corrected chi connectivity index (χ1v) is 8.66. The fourth-order valence-corrected chi connectivity index (χ4v) is 2.47. The van der Waals surface area contributed by atoms with Crippen LogP contribution < -0.4 is 10.6 Å². The Morgan fingerprint density at radius 3 is 1.73 bits per heavy atom. The Bertz CT molecular complexity index is 684. The Morgan fingerprint density at radius 1 is 0.846 bits per heavy atom. The van der Waals surface area contributed by atoms with Gasteiger partial charge in [0.05, 0.1) is 6.04 Å². The minimum absolute atomic E-state index is 0.284. The van der Waals surface area contributed by atoms with Gasteiger partial charge in [-0.15, -0.1) is 0 Å². The molecular weight excluding hydrogens is 328 g/mol. The molecule has 0 heterocycles. The summed E-state index contributed by atoms with van der Waals surface area (Å²) in [6.07, 6.45) is -0.615. The maximum Gasteiger partial charge on any atom is 0.408 e. The minimum Gasteiger partial charge on any atom is -0.444 e. The first-order valence-electron chi connectivity index (χ1n) is 8.66. The molecule has 0 aliphatic heterocycles. The molecule has 0 spiro atoms. The first-order chi connectivity index (χ1) is 12.3. The number of alkyl carbamates (subject to hydrolysis) is 1. The molecule has 0 saturated carbocycles. The molecule has 0 aliphatic carbocycles. The molecule has 0 unspecified atom stereocenters. The van der Waals surface area contributed by atoms with Crippen molar-refractivity contribution >= 4 is 12.0 Å². The van der Waals surface area contributed by atoms with E-state index in [9.17, 15) is 9.59 Å². The van der Waals surface area contributed by atoms with E-state index in [0.717, 1.165) is 11.1 Å². The Kier molecular flexibility index (Phi) is 6.39. The number of nitrogens with one attached hydrogen (secondary N) is 2. The van der Waals surface area contributed by atoms with E-state index in [1.165, 1.54) is 0 Å². The Labute approximate surface area is 154 Å². The van der Waals surface area contributed by atoms with Crippen molar-refractivity contribution in [2.24, 2.45) is 0 Å². The molecule has 2 aromatic carbocycles. The molecule has 0 radical (unpaired) electrons. The number of carbonyl (C=O) groups is 2. The summed E-state index contributed by atoms with van der Waals surface area (Å²) < 4.78 is 5.20. The molecule has 0 aromatic heterocycles. The van der Waals surface area contributed by atoms with Crippen LogP contribution in [-0.4, -0.2) is 23.6 Å². The number of rotatable bonds is 5. The highest BCUT2D eigenvalue weighted by Gasteiger charge is 2.24. The summed E-state index contributed by atoms with van der Waals surface area (Å²) >= 11 is 0. The van der Waals surface area contributed by atoms with Crippen LogP contribution in [0.25, 0.3) is 0 Å². The molecular formula is C21H26N2O3. The first kappa shape index (κ1) is 19.5. The highest BCUT2D eigenvalue weighted by atomic mass is 16.6. The van der Waals surface area contributed by atoms with Crippen LogP contribution in [0.4, 0.5) is 4.79 Å². The summed E-state index contributed by atoms with van der Waals surface area (Å²) in [5, 5.41) is 5.58. The highest BCUT2D eigenvalue weighted by molar-refractivity contribution is 5.85. The number of amides is 2. The maximum atomic E-state index is 12.6. The van der Waals surface area contributed by atoms with E-state index < -0.39 is 17.7 Å². The lowest BCUT2D eigenvalue weighted by Crippen LogP contribution is -2.47. The molecule has 0 saturated heterocycles. The molecule has 26 heavy (non-hydrogen) atoms. The van der Waals surface area contributed by atoms with Gasteiger partial charge < -0.3 is 15.4 Å². The van der Waals surface area contributed by atoms with E-state index >= 15 is 0 Å². The summed E-state index contributed by atoms with van der Waals surface area (Å²) in [5.74, 6) is -0.284. The monoisotopic (exact) mass is 354 g/mol. The second kappa shape index (κ2) is 8.52. The van der Waals surface area contributed by atoms with Crippen molar-refractivity contribution < 1.29 is 14.3 Å². The van der Waals surface area contributed by atoms with Gasteiger partial charge in [0, 0.05) is 0 Å². The number of hydrogen-bond donors (Lipinski definition) is 2. The van der Waals surface area contributed by atoms with E-state index in [-0.39, 0.29) is 11.9 Å². The SMILES string of the molecule is C[C@@H](NC(=O)OC(C)(C)C)C(=O)NC(c1ccccc1)c1ccccc1. The minimum atomic E-state index is -0.722. The topological polar surface area (TPSA) is 67.4 Å². The van der Waals surface area contributed by atoms with Crippen LogP contribution in [-0.2, 0) is 9.53 Å². The fraction of sp³-hybridized carbons (Fsp3) is 0.333. The molecule has 0 fully saturated rings. The van der Waals surface area contributed by atoms with Crippen molar-refractivity contribution in [2.45, 2.75) is 45.4 Å². The van der Waals surface area contributed by atoms with E-state index in [4.69, 9.17) is 4.74 Å². The molecule has 138 valence electrons. The highest BCUT2D eigenvalue weighted by Crippen LogP contribution is 2.21. The second-order valence-corrected chi connectivity index (χ2v) is 7.13. The van der Waals surface area contributed by atoms with Crippen LogP contribution in [0.5, 0.6) is 0 Å². The summed E-state index contributed by atoms with van der Waals surface area (Å²) in [7, 11) is 0. The lowest BCUT2D eigenvalue weighted by molar-refractivity contribution is -0.123. The maximum absolute atomic E-state index is 12.6. The molecule has 2 aromatic rings. The average Bonchev–Trinajstić information content (AvgIpc) is 2.59. The van der Waals surface area contributed by atoms with Crippen LogP contribution in [0.3, 0.4) is 0 Å². The van der Waals surface area contributed by atoms with Gasteiger partial charge in [-0.3, -0.25) is 4.79 Å². The largest absolute Gasteiger partial charge is 0.444 e. The van der Waals surface area contributed by atoms with Gasteiger partial charge >= 0.3 is 6.09 Å². The van der Waals surface area contributed by atoms with Crippen LogP contribution in [0, 0.1) is 0 Å². The van der Waals surface area contributed by atoms with Crippen molar-refractivity contribution in [3.63, 3.8) is 0 Å². The lowest BCUT2D eigenvalue weighted by Gasteiger charge is -2.24. The smallest absolute Gasteiger partial charge is 0.408 e. The van der Waals surface area contributed by atoms with Crippen molar-refractivity contribution in [1.82, 2.24) is 10.6 Å². The van der Waals surface area contributed by atoms with Gasteiger partial charge in [0.15, 0.2) is 0 Å². The molecule has 5 heteroatoms. The molecule has 2 N–H and O–H groups in total. The molecule has 0 bridgehead atoms. The predicted molar refractivity (Wildman–Crippen MR) is 102 cm³/mol. The summed E-state index contributed by atoms with van der Waals surface area (Å²) in [4.78, 5) is 24.5. The van der Waals surface area contributed by atoms with Crippen LogP contribution in [0.2, 0.25) is 0 Å². The zero-order valence-electron chi connectivity index (χ0n) is 15.7. The normalized spacial score (nSPS) is 12.3. The van der Waals surface area contributed by atoms with Crippen molar-refractivity contribution in [2.75, 3.05) is 0 Å². The molecule has 5 nitrogen and oxygen atoms in total. The Balaban J connectivity index is 2.10. The average molecular weight is 354 g/mol. The van der Waals surface area contributed by atoms with Crippen LogP contribution in [0.15, 0.2) is 60.7 Å². The molecule has 2 rings (SSSR count). The fourth-order valence-electron chi connectivity index (χ4n) is 2.47. The predicted octanol–water partition coefficient (Wildman–Crippen LogP) is 3.81. The standard InChI is InChI=1S/C21H26N2O3/c1-15(22-20(25)26-21(2,3)4)19(24)23-18(16-11-7-5-8-12-16)17-13-9-6-10-14-17/h5-15,18H,1-4H3,(H,22,25)(H,23,24)/t15-/m1/s1. The number of benzene rings is 2. The quantitative estimate of drug-likeness (QED) is 0.858. The third kappa shape index (κ3) is 5.92. The third-order valence-corrected chi connectivity index (χ3v) is 3.68. The zero-order valence-corrected chi connectivity index (χ0v) is 15.7. The van der Waals surface area contributed by atoms with Crippen molar-refractivity contribution in [3.05, 3.63) is 71.8 Å². The van der Waals surface area contributed by atoms with Gasteiger partial charge in [-0.2, -0.15) is 0 Å². The summed E-state index contributed by atoms with van der Waals surface area (Å²) in [6, 6.07) is 18.4. The second-order valence-electron chi connectivity index (χ2n) is 7.13. The van der Waals surface area contributed by atoms with Gasteiger partial charge in [-0.25, -0.2) is 4.79 Å². The third-order valence-electron chi connectivity index (χ3n) is 3.68. The van der Waals surface area contributed by atoms with Gasteiger partial charge in [-0.05, 0) is 38.8 Å². The van der Waals surface area contributed by atoms with Crippen molar-refractivity contribution in [1.29, 1.82) is 0 Å². The Morgan fingerprint density at radius 2 is 1.31 bits per heavy atom. The van der Waals surface area contributed by atoms with Crippen LogP contribution >= 0.6 is 0 Å². The summed E-state index contributed by atoms with van der Waals surface area (Å²) in [6.45, 7) is 6.96. The van der Waals surface area contributed by atoms with Gasteiger partial charge in [0.2, 0.25) is 5.91 Å². The number of hydrogen-bond acceptors (Lipinski definition) is 3. The molecule has 0 aliphatic rings. The number of carbonyl (C=O) groups excluding carboxylic acids is 2. The van der Waals surface area contributed by atoms with E-state index in [1.54, 1.807) is 27.7 Å². The summed E-state index contributed by atoms with van der Waals surface area (Å²) in [5.41, 5.74) is 1.32. The lowest BCUT2D eigenvalue weighted by atomic mass is 9.98. The van der Waals surface area contributed by atoms with Gasteiger partial charge in [0.1, 0.15) is 11.6 Å². The zero-order chi connectivity index (χ0) is 19.2. The number of ether oxygens (including phenoxy) is 1. The van der Waals surface area contributed by atoms with E-state index in [1.807, 2.05) is 60.7 Å². The molecule has 2 amide bonds. The molecule has 1 atom stereocenters. The Hall–Kier alpha value is -2.82. The van der Waals surface area contributed by atoms with Crippen molar-refractivity contribution in [3.8, 4) is 0 Å². The van der Waals surface area contributed by atoms with Gasteiger partial charge in [-0.1, -0.05) is 60.7 Å². The van der Waals surface area contributed by atoms with E-state index in [0.29, 0.717) is 0 Å². The van der Waals surface area contributed by atoms with Gasteiger partial charge in [0.25, 0.3) is 0 Å². The van der Waals surface area contributed by atoms with E-state index in [2.05, 4.69) is 10.6 Å².